The summed E-state index contributed by atoms with van der Waals surface area (Å²) in [4.78, 5) is 14.8. The first-order valence-corrected chi connectivity index (χ1v) is 6.65. The summed E-state index contributed by atoms with van der Waals surface area (Å²) in [5.74, 6) is 0. The summed E-state index contributed by atoms with van der Waals surface area (Å²) in [6, 6.07) is 10.3. The minimum absolute atomic E-state index is 0.0287. The van der Waals surface area contributed by atoms with Gasteiger partial charge in [-0.25, -0.2) is 4.98 Å². The summed E-state index contributed by atoms with van der Waals surface area (Å²) >= 11 is 0. The fourth-order valence-electron chi connectivity index (χ4n) is 2.60. The van der Waals surface area contributed by atoms with Crippen molar-refractivity contribution in [3.05, 3.63) is 63.5 Å². The Bertz CT molecular complexity index is 933. The van der Waals surface area contributed by atoms with E-state index in [0.717, 1.165) is 22.3 Å². The third-order valence-corrected chi connectivity index (χ3v) is 3.54. The minimum atomic E-state index is -0.440. The molecule has 0 aliphatic carbocycles. The Balaban J connectivity index is 2.27. The lowest BCUT2D eigenvalue weighted by Crippen LogP contribution is -1.96. The highest BCUT2D eigenvalue weighted by Crippen LogP contribution is 2.27. The zero-order chi connectivity index (χ0) is 15.9. The van der Waals surface area contributed by atoms with Crippen LogP contribution in [-0.4, -0.2) is 14.5 Å². The third-order valence-electron chi connectivity index (χ3n) is 3.54. The molecule has 6 nitrogen and oxygen atoms in total. The van der Waals surface area contributed by atoms with Crippen LogP contribution in [0.2, 0.25) is 0 Å². The summed E-state index contributed by atoms with van der Waals surface area (Å²) in [5.41, 5.74) is 3.83. The van der Waals surface area contributed by atoms with Gasteiger partial charge in [0.05, 0.1) is 10.5 Å². The normalized spacial score (nSPS) is 10.6. The quantitative estimate of drug-likeness (QED) is 0.535. The zero-order valence-corrected chi connectivity index (χ0v) is 12.1. The number of nitro benzene ring substituents is 1. The molecule has 0 fully saturated rings. The largest absolute Gasteiger partial charge is 0.300 e. The monoisotopic (exact) mass is 292 g/mol. The van der Waals surface area contributed by atoms with Crippen LogP contribution < -0.4 is 0 Å². The van der Waals surface area contributed by atoms with E-state index >= 15 is 0 Å². The van der Waals surface area contributed by atoms with Crippen molar-refractivity contribution in [2.75, 3.05) is 0 Å². The number of nitro groups is 1. The van der Waals surface area contributed by atoms with E-state index in [1.807, 2.05) is 19.9 Å². The first-order chi connectivity index (χ1) is 10.5. The molecule has 1 aromatic carbocycles. The lowest BCUT2D eigenvalue weighted by molar-refractivity contribution is -0.384. The average molecular weight is 292 g/mol. The number of hydrogen-bond donors (Lipinski definition) is 0. The van der Waals surface area contributed by atoms with Crippen LogP contribution in [0.25, 0.3) is 16.7 Å². The van der Waals surface area contributed by atoms with Crippen molar-refractivity contribution in [1.29, 1.82) is 5.26 Å². The minimum Gasteiger partial charge on any atom is -0.300 e. The lowest BCUT2D eigenvalue weighted by atomic mass is 10.1. The molecule has 0 N–H and O–H groups in total. The molecule has 0 saturated heterocycles. The summed E-state index contributed by atoms with van der Waals surface area (Å²) in [7, 11) is 0. The maximum Gasteiger partial charge on any atom is 0.269 e. The van der Waals surface area contributed by atoms with Crippen LogP contribution >= 0.6 is 0 Å². The highest BCUT2D eigenvalue weighted by atomic mass is 16.6. The SMILES string of the molecule is Cc1cc(C)c2c(C#N)cn(-c3ccc([N+](=O)[O-])cc3)c2n1. The van der Waals surface area contributed by atoms with Crippen molar-refractivity contribution in [2.24, 2.45) is 0 Å². The summed E-state index contributed by atoms with van der Waals surface area (Å²) in [6.45, 7) is 3.84. The van der Waals surface area contributed by atoms with Gasteiger partial charge in [0, 0.05) is 35.1 Å². The van der Waals surface area contributed by atoms with E-state index < -0.39 is 4.92 Å². The molecule has 0 bridgehead atoms. The third kappa shape index (κ3) is 2.09. The van der Waals surface area contributed by atoms with Crippen molar-refractivity contribution in [3.63, 3.8) is 0 Å². The first-order valence-electron chi connectivity index (χ1n) is 6.65. The number of rotatable bonds is 2. The van der Waals surface area contributed by atoms with Gasteiger partial charge < -0.3 is 0 Å². The highest BCUT2D eigenvalue weighted by molar-refractivity contribution is 5.88. The molecular formula is C16H12N4O2. The Morgan fingerprint density at radius 1 is 1.27 bits per heavy atom. The zero-order valence-electron chi connectivity index (χ0n) is 12.1. The summed E-state index contributed by atoms with van der Waals surface area (Å²) in [5, 5.41) is 20.9. The maximum atomic E-state index is 10.7. The van der Waals surface area contributed by atoms with Crippen LogP contribution in [-0.2, 0) is 0 Å². The molecule has 108 valence electrons. The number of pyridine rings is 1. The van der Waals surface area contributed by atoms with Gasteiger partial charge in [0.1, 0.15) is 11.7 Å². The standard InChI is InChI=1S/C16H12N4O2/c1-10-7-11(2)18-16-15(10)12(8-17)9-19(16)13-3-5-14(6-4-13)20(21)22/h3-7,9H,1-2H3. The van der Waals surface area contributed by atoms with Gasteiger partial charge in [-0.3, -0.25) is 14.7 Å². The molecule has 0 aliphatic heterocycles. The highest BCUT2D eigenvalue weighted by Gasteiger charge is 2.14. The van der Waals surface area contributed by atoms with E-state index in [1.54, 1.807) is 22.9 Å². The average Bonchev–Trinajstić information content (AvgIpc) is 2.86. The number of nitrogens with zero attached hydrogens (tertiary/aromatic N) is 4. The van der Waals surface area contributed by atoms with Gasteiger partial charge >= 0.3 is 0 Å². The van der Waals surface area contributed by atoms with Gasteiger partial charge in [-0.2, -0.15) is 5.26 Å². The summed E-state index contributed by atoms with van der Waals surface area (Å²) < 4.78 is 1.79. The fourth-order valence-corrected chi connectivity index (χ4v) is 2.60. The van der Waals surface area contributed by atoms with Crippen molar-refractivity contribution >= 4 is 16.7 Å². The molecule has 0 amide bonds. The molecular weight excluding hydrogens is 280 g/mol. The second kappa shape index (κ2) is 4.97. The number of nitriles is 1. The van der Waals surface area contributed by atoms with Gasteiger partial charge in [-0.05, 0) is 37.6 Å². The molecule has 0 unspecified atom stereocenters. The van der Waals surface area contributed by atoms with Gasteiger partial charge in [0.25, 0.3) is 5.69 Å². The van der Waals surface area contributed by atoms with E-state index in [0.29, 0.717) is 11.2 Å². The van der Waals surface area contributed by atoms with Crippen LogP contribution in [0.3, 0.4) is 0 Å². The number of non-ortho nitro benzene ring substituents is 1. The van der Waals surface area contributed by atoms with Crippen LogP contribution in [0.15, 0.2) is 36.5 Å². The van der Waals surface area contributed by atoms with Crippen molar-refractivity contribution in [2.45, 2.75) is 13.8 Å². The van der Waals surface area contributed by atoms with E-state index in [4.69, 9.17) is 0 Å². The molecule has 3 rings (SSSR count). The molecule has 22 heavy (non-hydrogen) atoms. The van der Waals surface area contributed by atoms with E-state index in [-0.39, 0.29) is 5.69 Å². The number of aromatic nitrogens is 2. The predicted molar refractivity (Wildman–Crippen MR) is 81.9 cm³/mol. The topological polar surface area (TPSA) is 84.8 Å². The van der Waals surface area contributed by atoms with Gasteiger partial charge in [-0.15, -0.1) is 0 Å². The van der Waals surface area contributed by atoms with Crippen molar-refractivity contribution in [3.8, 4) is 11.8 Å². The van der Waals surface area contributed by atoms with E-state index in [2.05, 4.69) is 11.1 Å². The molecule has 3 aromatic rings. The second-order valence-electron chi connectivity index (χ2n) is 5.08. The van der Waals surface area contributed by atoms with Crippen LogP contribution in [0.4, 0.5) is 5.69 Å². The molecule has 2 heterocycles. The molecule has 0 saturated carbocycles. The molecule has 0 radical (unpaired) electrons. The van der Waals surface area contributed by atoms with Crippen LogP contribution in [0.1, 0.15) is 16.8 Å². The second-order valence-corrected chi connectivity index (χ2v) is 5.08. The summed E-state index contributed by atoms with van der Waals surface area (Å²) in [6.07, 6.45) is 1.71. The Morgan fingerprint density at radius 3 is 2.55 bits per heavy atom. The lowest BCUT2D eigenvalue weighted by Gasteiger charge is -2.06. The number of hydrogen-bond acceptors (Lipinski definition) is 4. The first kappa shape index (κ1) is 13.8. The van der Waals surface area contributed by atoms with Gasteiger partial charge in [0.2, 0.25) is 0 Å². The molecule has 6 heteroatoms. The Hall–Kier alpha value is -3.20. The van der Waals surface area contributed by atoms with Crippen molar-refractivity contribution in [1.82, 2.24) is 9.55 Å². The predicted octanol–water partition coefficient (Wildman–Crippen LogP) is 3.42. The smallest absolute Gasteiger partial charge is 0.269 e. The number of benzene rings is 1. The fraction of sp³-hybridized carbons (Fsp3) is 0.125. The van der Waals surface area contributed by atoms with E-state index in [1.165, 1.54) is 12.1 Å². The van der Waals surface area contributed by atoms with Crippen LogP contribution in [0.5, 0.6) is 0 Å². The Labute approximate surface area is 126 Å². The molecule has 0 atom stereocenters. The Morgan fingerprint density at radius 2 is 1.95 bits per heavy atom. The van der Waals surface area contributed by atoms with E-state index in [9.17, 15) is 15.4 Å². The molecule has 0 spiro atoms. The number of fused-ring (bicyclic) bond motifs is 1. The molecule has 0 aliphatic rings. The number of aryl methyl sites for hydroxylation is 2. The van der Waals surface area contributed by atoms with Crippen LogP contribution in [0, 0.1) is 35.3 Å². The van der Waals surface area contributed by atoms with Gasteiger partial charge in [0.15, 0.2) is 0 Å². The van der Waals surface area contributed by atoms with Gasteiger partial charge in [-0.1, -0.05) is 0 Å². The molecule has 2 aromatic heterocycles. The maximum absolute atomic E-state index is 10.7. The van der Waals surface area contributed by atoms with Crippen molar-refractivity contribution < 1.29 is 4.92 Å². The Kier molecular flexibility index (Phi) is 3.11.